The van der Waals surface area contributed by atoms with Crippen LogP contribution >= 0.6 is 39.9 Å². The van der Waals surface area contributed by atoms with E-state index in [4.69, 9.17) is 11.6 Å². The second-order valence-corrected chi connectivity index (χ2v) is 4.96. The number of benzene rings is 1. The Balaban J connectivity index is 0.00000112. The topological polar surface area (TPSA) is 12.0 Å². The number of halogens is 3. The molecule has 0 unspecified atom stereocenters. The van der Waals surface area contributed by atoms with Crippen molar-refractivity contribution in [2.45, 2.75) is 25.3 Å². The van der Waals surface area contributed by atoms with Gasteiger partial charge in [-0.3, -0.25) is 0 Å². The average Bonchev–Trinajstić information content (AvgIpc) is 2.19. The summed E-state index contributed by atoms with van der Waals surface area (Å²) < 4.78 is 1.12. The Labute approximate surface area is 110 Å². The molecular weight excluding hydrogens is 297 g/mol. The van der Waals surface area contributed by atoms with Gasteiger partial charge in [-0.1, -0.05) is 40.0 Å². The maximum Gasteiger partial charge on any atom is 0.0417 e. The van der Waals surface area contributed by atoms with Crippen LogP contribution in [0.1, 0.15) is 30.9 Å². The third-order valence-corrected chi connectivity index (χ3v) is 3.57. The monoisotopic (exact) mass is 309 g/mol. The standard InChI is InChI=1S/C11H13BrClN.ClH/c12-10-7-8(13)4-5-9(10)11-3-1-2-6-14-11;/h4-5,7,11,14H,1-3,6H2;1H/t11-;/m0./s1. The Kier molecular flexibility index (Phi) is 5.41. The van der Waals surface area contributed by atoms with Gasteiger partial charge in [0.2, 0.25) is 0 Å². The molecule has 1 heterocycles. The Bertz CT molecular complexity index is 324. The molecule has 15 heavy (non-hydrogen) atoms. The largest absolute Gasteiger partial charge is 0.310 e. The normalized spacial score (nSPS) is 20.8. The molecule has 1 fully saturated rings. The summed E-state index contributed by atoms with van der Waals surface area (Å²) in [6.07, 6.45) is 3.83. The summed E-state index contributed by atoms with van der Waals surface area (Å²) in [6.45, 7) is 1.12. The van der Waals surface area contributed by atoms with Gasteiger partial charge in [-0.15, -0.1) is 12.4 Å². The van der Waals surface area contributed by atoms with Gasteiger partial charge in [0.1, 0.15) is 0 Å². The highest BCUT2D eigenvalue weighted by Crippen LogP contribution is 2.30. The predicted octanol–water partition coefficient (Wildman–Crippen LogP) is 4.34. The third kappa shape index (κ3) is 3.35. The van der Waals surface area contributed by atoms with Gasteiger partial charge in [0.05, 0.1) is 0 Å². The molecule has 0 radical (unpaired) electrons. The van der Waals surface area contributed by atoms with Crippen molar-refractivity contribution in [1.29, 1.82) is 0 Å². The van der Waals surface area contributed by atoms with Gasteiger partial charge in [-0.2, -0.15) is 0 Å². The second kappa shape index (κ2) is 6.09. The fourth-order valence-electron chi connectivity index (χ4n) is 1.90. The van der Waals surface area contributed by atoms with E-state index in [1.54, 1.807) is 0 Å². The number of rotatable bonds is 1. The molecule has 0 bridgehead atoms. The first-order chi connectivity index (χ1) is 6.77. The minimum absolute atomic E-state index is 0. The average molecular weight is 311 g/mol. The smallest absolute Gasteiger partial charge is 0.0417 e. The molecule has 1 aliphatic rings. The van der Waals surface area contributed by atoms with E-state index in [1.807, 2.05) is 12.1 Å². The first kappa shape index (κ1) is 13.3. The van der Waals surface area contributed by atoms with Crippen molar-refractivity contribution >= 4 is 39.9 Å². The summed E-state index contributed by atoms with van der Waals surface area (Å²) >= 11 is 9.46. The lowest BCUT2D eigenvalue weighted by molar-refractivity contribution is 0.411. The molecular formula is C11H14BrCl2N. The molecule has 0 aromatic heterocycles. The van der Waals surface area contributed by atoms with Crippen LogP contribution in [0.3, 0.4) is 0 Å². The molecule has 84 valence electrons. The number of piperidine rings is 1. The van der Waals surface area contributed by atoms with Gasteiger partial charge in [-0.25, -0.2) is 0 Å². The van der Waals surface area contributed by atoms with Crippen molar-refractivity contribution in [3.63, 3.8) is 0 Å². The first-order valence-corrected chi connectivity index (χ1v) is 6.13. The fourth-order valence-corrected chi connectivity index (χ4v) is 2.86. The van der Waals surface area contributed by atoms with Crippen molar-refractivity contribution < 1.29 is 0 Å². The van der Waals surface area contributed by atoms with Gasteiger partial charge < -0.3 is 5.32 Å². The molecule has 1 aliphatic heterocycles. The molecule has 2 rings (SSSR count). The van der Waals surface area contributed by atoms with Crippen molar-refractivity contribution in [2.24, 2.45) is 0 Å². The summed E-state index contributed by atoms with van der Waals surface area (Å²) in [7, 11) is 0. The number of nitrogens with one attached hydrogen (secondary N) is 1. The summed E-state index contributed by atoms with van der Waals surface area (Å²) in [5.41, 5.74) is 1.33. The zero-order valence-electron chi connectivity index (χ0n) is 8.30. The number of hydrogen-bond donors (Lipinski definition) is 1. The summed E-state index contributed by atoms with van der Waals surface area (Å²) in [5.74, 6) is 0. The van der Waals surface area contributed by atoms with E-state index in [0.29, 0.717) is 6.04 Å². The maximum absolute atomic E-state index is 5.91. The highest BCUT2D eigenvalue weighted by atomic mass is 79.9. The number of hydrogen-bond acceptors (Lipinski definition) is 1. The Morgan fingerprint density at radius 1 is 1.33 bits per heavy atom. The molecule has 0 amide bonds. The van der Waals surface area contributed by atoms with Crippen LogP contribution in [-0.4, -0.2) is 6.54 Å². The molecule has 0 aliphatic carbocycles. The molecule has 1 N–H and O–H groups in total. The van der Waals surface area contributed by atoms with E-state index in [1.165, 1.54) is 24.8 Å². The second-order valence-electron chi connectivity index (χ2n) is 3.67. The van der Waals surface area contributed by atoms with Gasteiger partial charge in [0, 0.05) is 15.5 Å². The lowest BCUT2D eigenvalue weighted by Gasteiger charge is -2.24. The van der Waals surface area contributed by atoms with Gasteiger partial charge in [0.25, 0.3) is 0 Å². The van der Waals surface area contributed by atoms with Crippen LogP contribution in [0.2, 0.25) is 5.02 Å². The van der Waals surface area contributed by atoms with Crippen LogP contribution in [-0.2, 0) is 0 Å². The van der Waals surface area contributed by atoms with Crippen molar-refractivity contribution in [2.75, 3.05) is 6.54 Å². The first-order valence-electron chi connectivity index (χ1n) is 4.96. The molecule has 1 atom stereocenters. The summed E-state index contributed by atoms with van der Waals surface area (Å²) in [5, 5.41) is 4.31. The van der Waals surface area contributed by atoms with Crippen LogP contribution in [0, 0.1) is 0 Å². The molecule has 1 aromatic rings. The fraction of sp³-hybridized carbons (Fsp3) is 0.455. The lowest BCUT2D eigenvalue weighted by atomic mass is 9.98. The predicted molar refractivity (Wildman–Crippen MR) is 71.0 cm³/mol. The quantitative estimate of drug-likeness (QED) is 0.813. The zero-order chi connectivity index (χ0) is 9.97. The van der Waals surface area contributed by atoms with Crippen LogP contribution in [0.5, 0.6) is 0 Å². The molecule has 1 saturated heterocycles. The Morgan fingerprint density at radius 3 is 2.73 bits per heavy atom. The van der Waals surface area contributed by atoms with E-state index in [9.17, 15) is 0 Å². The van der Waals surface area contributed by atoms with Crippen LogP contribution in [0.25, 0.3) is 0 Å². The van der Waals surface area contributed by atoms with Crippen molar-refractivity contribution in [3.05, 3.63) is 33.3 Å². The third-order valence-electron chi connectivity index (χ3n) is 2.65. The molecule has 4 heteroatoms. The summed E-state index contributed by atoms with van der Waals surface area (Å²) in [6, 6.07) is 6.52. The van der Waals surface area contributed by atoms with Crippen molar-refractivity contribution in [1.82, 2.24) is 5.32 Å². The van der Waals surface area contributed by atoms with E-state index in [0.717, 1.165) is 16.0 Å². The van der Waals surface area contributed by atoms with E-state index in [2.05, 4.69) is 27.3 Å². The molecule has 1 nitrogen and oxygen atoms in total. The highest BCUT2D eigenvalue weighted by molar-refractivity contribution is 9.10. The molecule has 0 saturated carbocycles. The zero-order valence-corrected chi connectivity index (χ0v) is 11.5. The van der Waals surface area contributed by atoms with E-state index in [-0.39, 0.29) is 12.4 Å². The maximum atomic E-state index is 5.91. The molecule has 0 spiro atoms. The van der Waals surface area contributed by atoms with Crippen LogP contribution in [0.4, 0.5) is 0 Å². The lowest BCUT2D eigenvalue weighted by Crippen LogP contribution is -2.26. The Morgan fingerprint density at radius 2 is 2.13 bits per heavy atom. The highest BCUT2D eigenvalue weighted by Gasteiger charge is 2.16. The van der Waals surface area contributed by atoms with Crippen LogP contribution < -0.4 is 5.32 Å². The minimum Gasteiger partial charge on any atom is -0.310 e. The summed E-state index contributed by atoms with van der Waals surface area (Å²) in [4.78, 5) is 0. The SMILES string of the molecule is Cl.Clc1ccc([C@@H]2CCCCN2)c(Br)c1. The van der Waals surface area contributed by atoms with Crippen molar-refractivity contribution in [3.8, 4) is 0 Å². The van der Waals surface area contributed by atoms with Gasteiger partial charge in [0.15, 0.2) is 0 Å². The van der Waals surface area contributed by atoms with Crippen LogP contribution in [0.15, 0.2) is 22.7 Å². The van der Waals surface area contributed by atoms with E-state index < -0.39 is 0 Å². The minimum atomic E-state index is 0. The van der Waals surface area contributed by atoms with Gasteiger partial charge in [-0.05, 0) is 37.1 Å². The Hall–Kier alpha value is 0.240. The van der Waals surface area contributed by atoms with E-state index >= 15 is 0 Å². The van der Waals surface area contributed by atoms with Gasteiger partial charge >= 0.3 is 0 Å². The molecule has 1 aromatic carbocycles.